The van der Waals surface area contributed by atoms with Gasteiger partial charge in [0.2, 0.25) is 0 Å². The van der Waals surface area contributed by atoms with E-state index >= 15 is 0 Å². The maximum atomic E-state index is 12.6. The highest BCUT2D eigenvalue weighted by Crippen LogP contribution is 2.09. The molecule has 4 nitrogen and oxygen atoms in total. The van der Waals surface area contributed by atoms with Crippen molar-refractivity contribution in [1.29, 1.82) is 0 Å². The molecule has 0 unspecified atom stereocenters. The molecule has 0 saturated carbocycles. The van der Waals surface area contributed by atoms with Crippen molar-refractivity contribution in [3.63, 3.8) is 0 Å². The SMILES string of the molecule is CCCN(Cc1ccccc1)Cn1ncc2ccccc2c1=O. The van der Waals surface area contributed by atoms with Gasteiger partial charge in [-0.25, -0.2) is 4.68 Å². The summed E-state index contributed by atoms with van der Waals surface area (Å²) in [5, 5.41) is 5.94. The van der Waals surface area contributed by atoms with E-state index in [0.29, 0.717) is 6.67 Å². The van der Waals surface area contributed by atoms with Crippen molar-refractivity contribution < 1.29 is 0 Å². The molecule has 4 heteroatoms. The fraction of sp³-hybridized carbons (Fsp3) is 0.263. The number of rotatable bonds is 6. The van der Waals surface area contributed by atoms with Crippen LogP contribution >= 0.6 is 0 Å². The maximum absolute atomic E-state index is 12.6. The van der Waals surface area contributed by atoms with Crippen LogP contribution in [0.2, 0.25) is 0 Å². The van der Waals surface area contributed by atoms with Gasteiger partial charge in [0.05, 0.1) is 18.3 Å². The molecule has 0 N–H and O–H groups in total. The fourth-order valence-corrected chi connectivity index (χ4v) is 2.78. The van der Waals surface area contributed by atoms with Gasteiger partial charge < -0.3 is 0 Å². The van der Waals surface area contributed by atoms with Gasteiger partial charge in [-0.05, 0) is 24.6 Å². The third-order valence-electron chi connectivity index (χ3n) is 3.88. The lowest BCUT2D eigenvalue weighted by atomic mass is 10.2. The summed E-state index contributed by atoms with van der Waals surface area (Å²) in [5.74, 6) is 0. The van der Waals surface area contributed by atoms with Crippen molar-refractivity contribution in [2.24, 2.45) is 0 Å². The quantitative estimate of drug-likeness (QED) is 0.701. The first kappa shape index (κ1) is 15.4. The number of hydrogen-bond donors (Lipinski definition) is 0. The first-order valence-electron chi connectivity index (χ1n) is 7.99. The summed E-state index contributed by atoms with van der Waals surface area (Å²) in [7, 11) is 0. The number of benzene rings is 2. The van der Waals surface area contributed by atoms with Crippen molar-refractivity contribution in [2.75, 3.05) is 6.54 Å². The van der Waals surface area contributed by atoms with Crippen LogP contribution in [0.3, 0.4) is 0 Å². The summed E-state index contributed by atoms with van der Waals surface area (Å²) in [6.07, 6.45) is 2.80. The molecule has 23 heavy (non-hydrogen) atoms. The Morgan fingerprint density at radius 2 is 1.78 bits per heavy atom. The second kappa shape index (κ2) is 7.20. The molecule has 0 aliphatic rings. The van der Waals surface area contributed by atoms with E-state index < -0.39 is 0 Å². The molecule has 3 rings (SSSR count). The lowest BCUT2D eigenvalue weighted by molar-refractivity contribution is 0.194. The third kappa shape index (κ3) is 3.66. The Labute approximate surface area is 136 Å². The Morgan fingerprint density at radius 3 is 2.57 bits per heavy atom. The lowest BCUT2D eigenvalue weighted by Crippen LogP contribution is -2.34. The zero-order valence-electron chi connectivity index (χ0n) is 13.4. The summed E-state index contributed by atoms with van der Waals surface area (Å²) >= 11 is 0. The number of aromatic nitrogens is 2. The average molecular weight is 307 g/mol. The standard InChI is InChI=1S/C19H21N3O/c1-2-12-21(14-16-8-4-3-5-9-16)15-22-19(23)18-11-7-6-10-17(18)13-20-22/h3-11,13H,2,12,14-15H2,1H3. The molecule has 0 aliphatic carbocycles. The van der Waals surface area contributed by atoms with Crippen LogP contribution in [0.1, 0.15) is 18.9 Å². The second-order valence-corrected chi connectivity index (χ2v) is 5.72. The summed E-state index contributed by atoms with van der Waals surface area (Å²) in [6, 6.07) is 17.9. The van der Waals surface area contributed by atoms with Gasteiger partial charge in [0.25, 0.3) is 5.56 Å². The van der Waals surface area contributed by atoms with Gasteiger partial charge in [0.15, 0.2) is 0 Å². The molecule has 2 aromatic carbocycles. The molecule has 0 bridgehead atoms. The van der Waals surface area contributed by atoms with Gasteiger partial charge in [0.1, 0.15) is 0 Å². The Hall–Kier alpha value is -2.46. The smallest absolute Gasteiger partial charge is 0.275 e. The Bertz CT molecular complexity index is 827. The summed E-state index contributed by atoms with van der Waals surface area (Å²) < 4.78 is 1.56. The van der Waals surface area contributed by atoms with Gasteiger partial charge in [-0.15, -0.1) is 0 Å². The topological polar surface area (TPSA) is 38.1 Å². The highest BCUT2D eigenvalue weighted by atomic mass is 16.1. The van der Waals surface area contributed by atoms with Crippen LogP contribution < -0.4 is 5.56 Å². The van der Waals surface area contributed by atoms with Crippen LogP contribution in [0, 0.1) is 0 Å². The highest BCUT2D eigenvalue weighted by molar-refractivity contribution is 5.80. The predicted molar refractivity (Wildman–Crippen MR) is 93.1 cm³/mol. The predicted octanol–water partition coefficient (Wildman–Crippen LogP) is 3.27. The van der Waals surface area contributed by atoms with Crippen LogP contribution in [-0.4, -0.2) is 21.2 Å². The summed E-state index contributed by atoms with van der Waals surface area (Å²) in [6.45, 7) is 4.40. The van der Waals surface area contributed by atoms with Crippen LogP contribution in [0.4, 0.5) is 0 Å². The molecule has 1 aromatic heterocycles. The highest BCUT2D eigenvalue weighted by Gasteiger charge is 2.09. The van der Waals surface area contributed by atoms with Crippen molar-refractivity contribution in [2.45, 2.75) is 26.6 Å². The lowest BCUT2D eigenvalue weighted by Gasteiger charge is -2.22. The minimum absolute atomic E-state index is 0.0303. The van der Waals surface area contributed by atoms with Gasteiger partial charge in [-0.3, -0.25) is 9.69 Å². The van der Waals surface area contributed by atoms with E-state index in [1.54, 1.807) is 10.9 Å². The van der Waals surface area contributed by atoms with E-state index in [1.165, 1.54) is 5.56 Å². The average Bonchev–Trinajstić information content (AvgIpc) is 2.59. The van der Waals surface area contributed by atoms with Crippen molar-refractivity contribution in [3.05, 3.63) is 76.7 Å². The maximum Gasteiger partial charge on any atom is 0.275 e. The first-order valence-corrected chi connectivity index (χ1v) is 7.99. The zero-order valence-corrected chi connectivity index (χ0v) is 13.4. The van der Waals surface area contributed by atoms with Crippen molar-refractivity contribution in [1.82, 2.24) is 14.7 Å². The normalized spacial score (nSPS) is 11.2. The monoisotopic (exact) mass is 307 g/mol. The van der Waals surface area contributed by atoms with Crippen LogP contribution in [-0.2, 0) is 13.2 Å². The Morgan fingerprint density at radius 1 is 1.04 bits per heavy atom. The molecule has 0 amide bonds. The molecular formula is C19H21N3O. The minimum Gasteiger partial charge on any atom is -0.280 e. The molecule has 0 radical (unpaired) electrons. The largest absolute Gasteiger partial charge is 0.280 e. The van der Waals surface area contributed by atoms with Crippen LogP contribution in [0.15, 0.2) is 65.6 Å². The molecule has 0 aliphatic heterocycles. The second-order valence-electron chi connectivity index (χ2n) is 5.72. The summed E-state index contributed by atoms with van der Waals surface area (Å²) in [4.78, 5) is 14.8. The van der Waals surface area contributed by atoms with E-state index in [9.17, 15) is 4.79 Å². The number of fused-ring (bicyclic) bond motifs is 1. The molecule has 118 valence electrons. The zero-order chi connectivity index (χ0) is 16.1. The number of nitrogens with zero attached hydrogens (tertiary/aromatic N) is 3. The van der Waals surface area contributed by atoms with Gasteiger partial charge in [0, 0.05) is 11.9 Å². The Balaban J connectivity index is 1.85. The van der Waals surface area contributed by atoms with Gasteiger partial charge in [-0.1, -0.05) is 55.5 Å². The minimum atomic E-state index is -0.0303. The molecule has 1 heterocycles. The summed E-state index contributed by atoms with van der Waals surface area (Å²) in [5.41, 5.74) is 1.21. The molecule has 0 fully saturated rings. The molecular weight excluding hydrogens is 286 g/mol. The number of hydrogen-bond acceptors (Lipinski definition) is 3. The van der Waals surface area contributed by atoms with E-state index in [4.69, 9.17) is 0 Å². The first-order chi connectivity index (χ1) is 11.3. The van der Waals surface area contributed by atoms with Crippen LogP contribution in [0.5, 0.6) is 0 Å². The van der Waals surface area contributed by atoms with Crippen molar-refractivity contribution in [3.8, 4) is 0 Å². The van der Waals surface area contributed by atoms with Gasteiger partial charge >= 0.3 is 0 Å². The van der Waals surface area contributed by atoms with E-state index in [2.05, 4.69) is 29.1 Å². The van der Waals surface area contributed by atoms with E-state index in [0.717, 1.165) is 30.3 Å². The van der Waals surface area contributed by atoms with Crippen molar-refractivity contribution >= 4 is 10.8 Å². The fourth-order valence-electron chi connectivity index (χ4n) is 2.78. The van der Waals surface area contributed by atoms with Gasteiger partial charge in [-0.2, -0.15) is 5.10 Å². The van der Waals surface area contributed by atoms with E-state index in [1.807, 2.05) is 42.5 Å². The molecule has 0 atom stereocenters. The molecule has 0 saturated heterocycles. The Kier molecular flexibility index (Phi) is 4.83. The molecule has 0 spiro atoms. The molecule has 3 aromatic rings. The third-order valence-corrected chi connectivity index (χ3v) is 3.88. The van der Waals surface area contributed by atoms with Crippen LogP contribution in [0.25, 0.3) is 10.8 Å². The van der Waals surface area contributed by atoms with E-state index in [-0.39, 0.29) is 5.56 Å².